The normalized spacial score (nSPS) is 19.5. The van der Waals surface area contributed by atoms with E-state index in [0.29, 0.717) is 6.04 Å². The highest BCUT2D eigenvalue weighted by molar-refractivity contribution is 6.31. The Kier molecular flexibility index (Phi) is 3.76. The summed E-state index contributed by atoms with van der Waals surface area (Å²) in [7, 11) is 0. The molecule has 1 aliphatic carbocycles. The molecule has 0 saturated heterocycles. The molecule has 0 spiro atoms. The second kappa shape index (κ2) is 5.51. The second-order valence-electron chi connectivity index (χ2n) is 5.51. The van der Waals surface area contributed by atoms with Crippen molar-refractivity contribution in [3.63, 3.8) is 0 Å². The molecule has 1 N–H and O–H groups in total. The molecular weight excluding hydrogens is 258 g/mol. The topological polar surface area (TPSA) is 28.2 Å². The Hall–Kier alpha value is -1.06. The van der Waals surface area contributed by atoms with Gasteiger partial charge < -0.3 is 10.2 Å². The molecule has 1 aromatic heterocycles. The van der Waals surface area contributed by atoms with Gasteiger partial charge in [-0.2, -0.15) is 0 Å². The Morgan fingerprint density at radius 1 is 1.42 bits per heavy atom. The average molecular weight is 278 g/mol. The van der Waals surface area contributed by atoms with Crippen LogP contribution >= 0.6 is 11.6 Å². The number of nitrogens with zero attached hydrogens (tertiary/aromatic N) is 2. The lowest BCUT2D eigenvalue weighted by atomic mass is 10.1. The molecule has 0 amide bonds. The molecule has 0 atom stereocenters. The predicted molar refractivity (Wildman–Crippen MR) is 79.7 cm³/mol. The van der Waals surface area contributed by atoms with Crippen LogP contribution in [0.25, 0.3) is 0 Å². The number of halogens is 1. The number of hydrogen-bond acceptors (Lipinski definition) is 3. The van der Waals surface area contributed by atoms with Crippen LogP contribution in [0.4, 0.5) is 5.82 Å². The van der Waals surface area contributed by atoms with Gasteiger partial charge in [-0.05, 0) is 38.3 Å². The van der Waals surface area contributed by atoms with Crippen LogP contribution in [-0.4, -0.2) is 24.1 Å². The number of pyridine rings is 1. The summed E-state index contributed by atoms with van der Waals surface area (Å²) in [6.07, 6.45) is 5.98. The van der Waals surface area contributed by atoms with Crippen LogP contribution in [0.5, 0.6) is 0 Å². The third-order valence-electron chi connectivity index (χ3n) is 3.70. The third-order valence-corrected chi connectivity index (χ3v) is 4.04. The van der Waals surface area contributed by atoms with Crippen molar-refractivity contribution in [2.45, 2.75) is 38.8 Å². The fourth-order valence-electron chi connectivity index (χ4n) is 2.41. The molecule has 0 unspecified atom stereocenters. The van der Waals surface area contributed by atoms with Gasteiger partial charge in [0.05, 0.1) is 10.7 Å². The van der Waals surface area contributed by atoms with Crippen molar-refractivity contribution in [3.05, 3.63) is 34.5 Å². The Morgan fingerprint density at radius 3 is 3.00 bits per heavy atom. The van der Waals surface area contributed by atoms with E-state index in [1.54, 1.807) is 0 Å². The van der Waals surface area contributed by atoms with Crippen molar-refractivity contribution in [2.75, 3.05) is 18.0 Å². The van der Waals surface area contributed by atoms with Crippen molar-refractivity contribution < 1.29 is 0 Å². The smallest absolute Gasteiger partial charge is 0.129 e. The van der Waals surface area contributed by atoms with Gasteiger partial charge in [-0.15, -0.1) is 0 Å². The summed E-state index contributed by atoms with van der Waals surface area (Å²) >= 11 is 6.24. The number of anilines is 1. The Bertz CT molecular complexity index is 494. The highest BCUT2D eigenvalue weighted by atomic mass is 35.5. The molecule has 1 saturated carbocycles. The lowest BCUT2D eigenvalue weighted by Crippen LogP contribution is -2.30. The largest absolute Gasteiger partial charge is 0.352 e. The van der Waals surface area contributed by atoms with Gasteiger partial charge in [-0.3, -0.25) is 0 Å². The van der Waals surface area contributed by atoms with Gasteiger partial charge in [-0.25, -0.2) is 4.98 Å². The Balaban J connectivity index is 1.73. The standard InChI is InChI=1S/C15H20ClN3/c1-11-3-2-8-19(10-11)15-7-6-13(16)14(18-15)9-17-12-4-5-12/h3,6-7,12,17H,2,4-5,8-10H2,1H3. The number of hydrogen-bond donors (Lipinski definition) is 1. The minimum Gasteiger partial charge on any atom is -0.352 e. The van der Waals surface area contributed by atoms with Crippen LogP contribution < -0.4 is 10.2 Å². The quantitative estimate of drug-likeness (QED) is 0.857. The summed E-state index contributed by atoms with van der Waals surface area (Å²) < 4.78 is 0. The van der Waals surface area contributed by atoms with Crippen molar-refractivity contribution in [3.8, 4) is 0 Å². The molecule has 0 radical (unpaired) electrons. The lowest BCUT2D eigenvalue weighted by Gasteiger charge is -2.27. The van der Waals surface area contributed by atoms with Crippen LogP contribution in [-0.2, 0) is 6.54 Å². The van der Waals surface area contributed by atoms with E-state index in [1.807, 2.05) is 12.1 Å². The molecule has 3 rings (SSSR count). The molecule has 1 aromatic rings. The fourth-order valence-corrected chi connectivity index (χ4v) is 2.58. The second-order valence-corrected chi connectivity index (χ2v) is 5.92. The van der Waals surface area contributed by atoms with E-state index in [9.17, 15) is 0 Å². The Labute approximate surface area is 119 Å². The highest BCUT2D eigenvalue weighted by Gasteiger charge is 2.21. The highest BCUT2D eigenvalue weighted by Crippen LogP contribution is 2.24. The van der Waals surface area contributed by atoms with Gasteiger partial charge >= 0.3 is 0 Å². The SMILES string of the molecule is CC1=CCCN(c2ccc(Cl)c(CNC3CC3)n2)C1. The fraction of sp³-hybridized carbons (Fsp3) is 0.533. The van der Waals surface area contributed by atoms with Crippen molar-refractivity contribution in [2.24, 2.45) is 0 Å². The molecular formula is C15H20ClN3. The Morgan fingerprint density at radius 2 is 2.26 bits per heavy atom. The molecule has 0 bridgehead atoms. The van der Waals surface area contributed by atoms with Gasteiger partial charge in [0.15, 0.2) is 0 Å². The molecule has 4 heteroatoms. The van der Waals surface area contributed by atoms with Crippen LogP contribution in [0.3, 0.4) is 0 Å². The lowest BCUT2D eigenvalue weighted by molar-refractivity contribution is 0.671. The average Bonchev–Trinajstić information content (AvgIpc) is 3.22. The van der Waals surface area contributed by atoms with E-state index in [4.69, 9.17) is 16.6 Å². The molecule has 2 aliphatic rings. The monoisotopic (exact) mass is 277 g/mol. The summed E-state index contributed by atoms with van der Waals surface area (Å²) in [5.41, 5.74) is 2.39. The first-order chi connectivity index (χ1) is 9.22. The number of rotatable bonds is 4. The molecule has 1 aliphatic heterocycles. The van der Waals surface area contributed by atoms with Gasteiger partial charge in [-0.1, -0.05) is 23.3 Å². The maximum absolute atomic E-state index is 6.24. The van der Waals surface area contributed by atoms with E-state index >= 15 is 0 Å². The first-order valence-corrected chi connectivity index (χ1v) is 7.39. The van der Waals surface area contributed by atoms with Gasteiger partial charge in [0.2, 0.25) is 0 Å². The van der Waals surface area contributed by atoms with Crippen molar-refractivity contribution in [1.29, 1.82) is 0 Å². The van der Waals surface area contributed by atoms with E-state index in [-0.39, 0.29) is 0 Å². The van der Waals surface area contributed by atoms with E-state index in [0.717, 1.165) is 42.6 Å². The van der Waals surface area contributed by atoms with E-state index < -0.39 is 0 Å². The number of aromatic nitrogens is 1. The number of nitrogens with one attached hydrogen (secondary N) is 1. The summed E-state index contributed by atoms with van der Waals surface area (Å²) in [6.45, 7) is 4.98. The molecule has 3 nitrogen and oxygen atoms in total. The summed E-state index contributed by atoms with van der Waals surface area (Å²) in [6, 6.07) is 4.69. The van der Waals surface area contributed by atoms with Crippen LogP contribution in [0.2, 0.25) is 5.02 Å². The summed E-state index contributed by atoms with van der Waals surface area (Å²) in [5, 5.41) is 4.24. The third kappa shape index (κ3) is 3.28. The molecule has 19 heavy (non-hydrogen) atoms. The minimum absolute atomic E-state index is 0.682. The van der Waals surface area contributed by atoms with Crippen LogP contribution in [0.1, 0.15) is 31.9 Å². The molecule has 0 aromatic carbocycles. The molecule has 1 fully saturated rings. The zero-order chi connectivity index (χ0) is 13.2. The minimum atomic E-state index is 0.682. The first kappa shape index (κ1) is 12.9. The van der Waals surface area contributed by atoms with E-state index in [1.165, 1.54) is 18.4 Å². The van der Waals surface area contributed by atoms with Crippen molar-refractivity contribution in [1.82, 2.24) is 10.3 Å². The van der Waals surface area contributed by atoms with Gasteiger partial charge in [0.25, 0.3) is 0 Å². The maximum atomic E-state index is 6.24. The zero-order valence-corrected chi connectivity index (χ0v) is 12.1. The maximum Gasteiger partial charge on any atom is 0.129 e. The predicted octanol–water partition coefficient (Wildman–Crippen LogP) is 3.14. The summed E-state index contributed by atoms with van der Waals surface area (Å²) in [5.74, 6) is 1.05. The summed E-state index contributed by atoms with van der Waals surface area (Å²) in [4.78, 5) is 7.06. The molecule has 2 heterocycles. The molecule has 102 valence electrons. The zero-order valence-electron chi connectivity index (χ0n) is 11.3. The first-order valence-electron chi connectivity index (χ1n) is 7.02. The van der Waals surface area contributed by atoms with Crippen molar-refractivity contribution >= 4 is 17.4 Å². The van der Waals surface area contributed by atoms with E-state index in [2.05, 4.69) is 23.2 Å². The van der Waals surface area contributed by atoms with Gasteiger partial charge in [0.1, 0.15) is 5.82 Å². The van der Waals surface area contributed by atoms with Crippen LogP contribution in [0, 0.1) is 0 Å². The van der Waals surface area contributed by atoms with Crippen LogP contribution in [0.15, 0.2) is 23.8 Å². The van der Waals surface area contributed by atoms with Gasteiger partial charge in [0, 0.05) is 25.7 Å².